The van der Waals surface area contributed by atoms with Gasteiger partial charge in [-0.25, -0.2) is 4.79 Å². The third-order valence-corrected chi connectivity index (χ3v) is 3.35. The lowest BCUT2D eigenvalue weighted by molar-refractivity contribution is 0.214. The van der Waals surface area contributed by atoms with Crippen molar-refractivity contribution in [2.45, 2.75) is 33.2 Å². The third-order valence-electron chi connectivity index (χ3n) is 3.35. The van der Waals surface area contributed by atoms with Gasteiger partial charge in [0.25, 0.3) is 0 Å². The van der Waals surface area contributed by atoms with Crippen molar-refractivity contribution in [3.8, 4) is 0 Å². The van der Waals surface area contributed by atoms with Crippen molar-refractivity contribution in [2.75, 3.05) is 30.4 Å². The van der Waals surface area contributed by atoms with Crippen LogP contribution in [0, 0.1) is 5.92 Å². The van der Waals surface area contributed by atoms with E-state index in [1.165, 1.54) is 0 Å². The Morgan fingerprint density at radius 1 is 1.33 bits per heavy atom. The highest BCUT2D eigenvalue weighted by Crippen LogP contribution is 2.24. The van der Waals surface area contributed by atoms with Crippen molar-refractivity contribution >= 4 is 17.4 Å². The summed E-state index contributed by atoms with van der Waals surface area (Å²) in [6.07, 6.45) is 0.750. The van der Waals surface area contributed by atoms with Gasteiger partial charge in [-0.15, -0.1) is 0 Å². The van der Waals surface area contributed by atoms with E-state index in [0.29, 0.717) is 5.92 Å². The number of benzene rings is 1. The molecule has 0 aliphatic rings. The van der Waals surface area contributed by atoms with Crippen LogP contribution >= 0.6 is 0 Å². The highest BCUT2D eigenvalue weighted by Gasteiger charge is 2.14. The van der Waals surface area contributed by atoms with Crippen LogP contribution in [-0.2, 0) is 0 Å². The predicted octanol–water partition coefficient (Wildman–Crippen LogP) is 2.67. The Labute approximate surface area is 127 Å². The van der Waals surface area contributed by atoms with Gasteiger partial charge in [0.05, 0.1) is 24.0 Å². The van der Waals surface area contributed by atoms with E-state index >= 15 is 0 Å². The van der Waals surface area contributed by atoms with Crippen LogP contribution in [-0.4, -0.2) is 37.4 Å². The number of hydrogen-bond donors (Lipinski definition) is 3. The van der Waals surface area contributed by atoms with Crippen molar-refractivity contribution in [3.05, 3.63) is 24.3 Å². The number of rotatable bonds is 7. The summed E-state index contributed by atoms with van der Waals surface area (Å²) in [5, 5.41) is 15.0. The van der Waals surface area contributed by atoms with Gasteiger partial charge in [-0.3, -0.25) is 0 Å². The molecule has 0 saturated carbocycles. The largest absolute Gasteiger partial charge is 0.394 e. The highest BCUT2D eigenvalue weighted by atomic mass is 16.3. The number of aliphatic hydroxyl groups is 1. The smallest absolute Gasteiger partial charge is 0.319 e. The molecule has 5 nitrogen and oxygen atoms in total. The van der Waals surface area contributed by atoms with Gasteiger partial charge in [-0.05, 0) is 31.4 Å². The zero-order valence-corrected chi connectivity index (χ0v) is 13.4. The lowest BCUT2D eigenvalue weighted by Crippen LogP contribution is -2.41. The van der Waals surface area contributed by atoms with Crippen molar-refractivity contribution in [3.63, 3.8) is 0 Å². The first kappa shape index (κ1) is 17.3. The zero-order valence-electron chi connectivity index (χ0n) is 13.4. The van der Waals surface area contributed by atoms with Crippen molar-refractivity contribution < 1.29 is 9.90 Å². The first-order chi connectivity index (χ1) is 9.97. The van der Waals surface area contributed by atoms with Crippen LogP contribution in [0.5, 0.6) is 0 Å². The molecule has 1 aromatic rings. The molecule has 3 N–H and O–H groups in total. The quantitative estimate of drug-likeness (QED) is 0.724. The monoisotopic (exact) mass is 293 g/mol. The summed E-state index contributed by atoms with van der Waals surface area (Å²) >= 11 is 0. The fourth-order valence-electron chi connectivity index (χ4n) is 2.17. The Morgan fingerprint density at radius 3 is 2.57 bits per heavy atom. The molecule has 1 atom stereocenters. The van der Waals surface area contributed by atoms with E-state index in [-0.39, 0.29) is 18.7 Å². The standard InChI is InChI=1S/C16H27N3O2/c1-5-19(4)15-9-7-6-8-14(15)18-16(21)17-13(11-20)10-12(2)3/h6-9,12-13,20H,5,10-11H2,1-4H3,(H2,17,18,21)/t13-/m0/s1. The predicted molar refractivity (Wildman–Crippen MR) is 87.9 cm³/mol. The number of nitrogens with zero attached hydrogens (tertiary/aromatic N) is 1. The average Bonchev–Trinajstić information content (AvgIpc) is 2.45. The Hall–Kier alpha value is -1.75. The molecule has 118 valence electrons. The maximum absolute atomic E-state index is 12.1. The van der Waals surface area contributed by atoms with Crippen LogP contribution in [0.1, 0.15) is 27.2 Å². The minimum absolute atomic E-state index is 0.0535. The molecule has 21 heavy (non-hydrogen) atoms. The second kappa shape index (κ2) is 8.52. The molecule has 0 unspecified atom stereocenters. The second-order valence-electron chi connectivity index (χ2n) is 5.64. The normalized spacial score (nSPS) is 12.1. The average molecular weight is 293 g/mol. The van der Waals surface area contributed by atoms with Gasteiger partial charge in [0.15, 0.2) is 0 Å². The molecule has 0 radical (unpaired) electrons. The van der Waals surface area contributed by atoms with Gasteiger partial charge >= 0.3 is 6.03 Å². The molecular formula is C16H27N3O2. The molecule has 5 heteroatoms. The van der Waals surface area contributed by atoms with Crippen molar-refractivity contribution in [1.29, 1.82) is 0 Å². The zero-order chi connectivity index (χ0) is 15.8. The highest BCUT2D eigenvalue weighted by molar-refractivity contribution is 5.93. The lowest BCUT2D eigenvalue weighted by atomic mass is 10.0. The number of para-hydroxylation sites is 2. The van der Waals surface area contributed by atoms with Crippen LogP contribution in [0.4, 0.5) is 16.2 Å². The molecule has 0 fully saturated rings. The Balaban J connectivity index is 2.70. The molecule has 0 aliphatic heterocycles. The maximum Gasteiger partial charge on any atom is 0.319 e. The van der Waals surface area contributed by atoms with Gasteiger partial charge in [0.2, 0.25) is 0 Å². The summed E-state index contributed by atoms with van der Waals surface area (Å²) in [6, 6.07) is 7.17. The van der Waals surface area contributed by atoms with Gasteiger partial charge < -0.3 is 20.6 Å². The van der Waals surface area contributed by atoms with E-state index in [0.717, 1.165) is 24.3 Å². The number of aliphatic hydroxyl groups excluding tert-OH is 1. The molecular weight excluding hydrogens is 266 g/mol. The van der Waals surface area contributed by atoms with E-state index in [9.17, 15) is 9.90 Å². The lowest BCUT2D eigenvalue weighted by Gasteiger charge is -2.22. The molecule has 2 amide bonds. The topological polar surface area (TPSA) is 64.6 Å². The van der Waals surface area contributed by atoms with Gasteiger partial charge in [0.1, 0.15) is 0 Å². The van der Waals surface area contributed by atoms with Crippen molar-refractivity contribution in [1.82, 2.24) is 5.32 Å². The van der Waals surface area contributed by atoms with Crippen LogP contribution < -0.4 is 15.5 Å². The Morgan fingerprint density at radius 2 is 2.00 bits per heavy atom. The molecule has 0 bridgehead atoms. The summed E-state index contributed by atoms with van der Waals surface area (Å²) < 4.78 is 0. The molecule has 1 aromatic carbocycles. The van der Waals surface area contributed by atoms with Gasteiger partial charge in [-0.2, -0.15) is 0 Å². The Kier molecular flexibility index (Phi) is 7.02. The molecule has 0 heterocycles. The first-order valence-corrected chi connectivity index (χ1v) is 7.46. The maximum atomic E-state index is 12.1. The van der Waals surface area contributed by atoms with Crippen molar-refractivity contribution in [2.24, 2.45) is 5.92 Å². The van der Waals surface area contributed by atoms with Crippen LogP contribution in [0.2, 0.25) is 0 Å². The second-order valence-corrected chi connectivity index (χ2v) is 5.64. The van der Waals surface area contributed by atoms with Crippen LogP contribution in [0.3, 0.4) is 0 Å². The number of carbonyl (C=O) groups excluding carboxylic acids is 1. The summed E-state index contributed by atoms with van der Waals surface area (Å²) in [7, 11) is 1.98. The van der Waals surface area contributed by atoms with Crippen LogP contribution in [0.15, 0.2) is 24.3 Å². The fourth-order valence-corrected chi connectivity index (χ4v) is 2.17. The number of amides is 2. The molecule has 0 saturated heterocycles. The minimum Gasteiger partial charge on any atom is -0.394 e. The molecule has 0 spiro atoms. The van der Waals surface area contributed by atoms with Gasteiger partial charge in [0, 0.05) is 13.6 Å². The van der Waals surface area contributed by atoms with E-state index in [1.54, 1.807) is 0 Å². The SMILES string of the molecule is CCN(C)c1ccccc1NC(=O)N[C@H](CO)CC(C)C. The molecule has 0 aliphatic carbocycles. The minimum atomic E-state index is -0.286. The number of hydrogen-bond acceptors (Lipinski definition) is 3. The number of nitrogens with one attached hydrogen (secondary N) is 2. The first-order valence-electron chi connectivity index (χ1n) is 7.46. The Bertz CT molecular complexity index is 449. The fraction of sp³-hybridized carbons (Fsp3) is 0.562. The van der Waals surface area contributed by atoms with Gasteiger partial charge in [-0.1, -0.05) is 26.0 Å². The summed E-state index contributed by atoms with van der Waals surface area (Å²) in [4.78, 5) is 14.1. The number of anilines is 2. The van der Waals surface area contributed by atoms with E-state index in [4.69, 9.17) is 0 Å². The van der Waals surface area contributed by atoms with E-state index in [1.807, 2.05) is 31.3 Å². The molecule has 0 aromatic heterocycles. The molecule has 1 rings (SSSR count). The summed E-state index contributed by atoms with van der Waals surface area (Å²) in [5.74, 6) is 0.418. The summed E-state index contributed by atoms with van der Waals surface area (Å²) in [6.45, 7) is 6.98. The third kappa shape index (κ3) is 5.63. The van der Waals surface area contributed by atoms with E-state index < -0.39 is 0 Å². The number of carbonyl (C=O) groups is 1. The van der Waals surface area contributed by atoms with Crippen LogP contribution in [0.25, 0.3) is 0 Å². The summed E-state index contributed by atoms with van der Waals surface area (Å²) in [5.41, 5.74) is 1.74. The van der Waals surface area contributed by atoms with E-state index in [2.05, 4.69) is 36.3 Å². The number of urea groups is 1.